The lowest BCUT2D eigenvalue weighted by atomic mass is 9.83. The van der Waals surface area contributed by atoms with Crippen molar-refractivity contribution < 1.29 is 4.79 Å². The first-order valence-corrected chi connectivity index (χ1v) is 8.91. The fourth-order valence-electron chi connectivity index (χ4n) is 3.78. The number of hydrogen-bond donors (Lipinski definition) is 1. The van der Waals surface area contributed by atoms with Gasteiger partial charge in [-0.15, -0.1) is 0 Å². The molecule has 2 aliphatic rings. The quantitative estimate of drug-likeness (QED) is 0.913. The summed E-state index contributed by atoms with van der Waals surface area (Å²) >= 11 is 0. The Morgan fingerprint density at radius 2 is 1.91 bits per heavy atom. The number of aromatic nitrogens is 1. The first-order chi connectivity index (χ1) is 10.9. The Balaban J connectivity index is 1.58. The average Bonchev–Trinajstić information content (AvgIpc) is 3.08. The third-order valence-electron chi connectivity index (χ3n) is 5.44. The van der Waals surface area contributed by atoms with Crippen molar-refractivity contribution >= 4 is 5.91 Å². The topological polar surface area (TPSA) is 45.2 Å². The van der Waals surface area contributed by atoms with Gasteiger partial charge in [-0.05, 0) is 61.2 Å². The largest absolute Gasteiger partial charge is 0.337 e. The normalized spacial score (nSPS) is 23.3. The average molecular weight is 315 g/mol. The van der Waals surface area contributed by atoms with Crippen LogP contribution in [0.3, 0.4) is 0 Å². The highest BCUT2D eigenvalue weighted by Crippen LogP contribution is 2.29. The van der Waals surface area contributed by atoms with Gasteiger partial charge in [0.05, 0.1) is 0 Å². The van der Waals surface area contributed by atoms with Crippen LogP contribution in [0.5, 0.6) is 0 Å². The first kappa shape index (κ1) is 16.4. The van der Waals surface area contributed by atoms with E-state index < -0.39 is 0 Å². The number of nitrogens with zero attached hydrogens (tertiary/aromatic N) is 2. The van der Waals surface area contributed by atoms with Crippen LogP contribution in [0.1, 0.15) is 56.1 Å². The van der Waals surface area contributed by atoms with Gasteiger partial charge in [0.15, 0.2) is 0 Å². The maximum Gasteiger partial charge on any atom is 0.272 e. The number of piperidine rings is 1. The van der Waals surface area contributed by atoms with E-state index in [1.807, 2.05) is 23.2 Å². The van der Waals surface area contributed by atoms with Crippen LogP contribution in [0.4, 0.5) is 0 Å². The van der Waals surface area contributed by atoms with Crippen LogP contribution < -0.4 is 5.32 Å². The van der Waals surface area contributed by atoms with Gasteiger partial charge in [-0.2, -0.15) is 0 Å². The molecule has 2 saturated heterocycles. The molecular formula is C19H29N3O. The molecule has 3 heterocycles. The van der Waals surface area contributed by atoms with Crippen molar-refractivity contribution in [2.75, 3.05) is 26.2 Å². The Kier molecular flexibility index (Phi) is 4.72. The molecule has 1 amide bonds. The number of carbonyl (C=O) groups excluding carboxylic acids is 1. The van der Waals surface area contributed by atoms with E-state index in [-0.39, 0.29) is 11.3 Å². The molecule has 0 unspecified atom stereocenters. The van der Waals surface area contributed by atoms with Gasteiger partial charge in [0.25, 0.3) is 5.91 Å². The fraction of sp³-hybridized carbons (Fsp3) is 0.684. The molecule has 1 aromatic heterocycles. The minimum Gasteiger partial charge on any atom is -0.337 e. The predicted octanol–water partition coefficient (Wildman–Crippen LogP) is 2.84. The molecule has 1 aromatic rings. The number of amides is 1. The second kappa shape index (κ2) is 6.60. The minimum absolute atomic E-state index is 0.0717. The number of likely N-dealkylation sites (tertiary alicyclic amines) is 1. The van der Waals surface area contributed by atoms with E-state index in [0.717, 1.165) is 50.9 Å². The molecule has 0 spiro atoms. The highest BCUT2D eigenvalue weighted by Gasteiger charge is 2.30. The molecule has 3 rings (SSSR count). The molecule has 0 radical (unpaired) electrons. The summed E-state index contributed by atoms with van der Waals surface area (Å²) in [5, 5.41) is 3.46. The Labute approximate surface area is 139 Å². The van der Waals surface area contributed by atoms with Gasteiger partial charge in [-0.25, -0.2) is 0 Å². The van der Waals surface area contributed by atoms with E-state index in [9.17, 15) is 4.79 Å². The SMILES string of the molecule is CC(C)(C)c1ccc(C(=O)N2CCC([C@H]3CCNC3)CC2)nc1. The van der Waals surface area contributed by atoms with E-state index in [2.05, 4.69) is 31.1 Å². The van der Waals surface area contributed by atoms with Crippen LogP contribution in [0.15, 0.2) is 18.3 Å². The molecule has 1 atom stereocenters. The summed E-state index contributed by atoms with van der Waals surface area (Å²) < 4.78 is 0. The molecule has 4 heteroatoms. The molecular weight excluding hydrogens is 286 g/mol. The number of pyridine rings is 1. The Hall–Kier alpha value is -1.42. The zero-order valence-corrected chi connectivity index (χ0v) is 14.6. The molecule has 0 saturated carbocycles. The van der Waals surface area contributed by atoms with Crippen LogP contribution in [0, 0.1) is 11.8 Å². The number of rotatable bonds is 2. The maximum atomic E-state index is 12.6. The van der Waals surface area contributed by atoms with E-state index in [4.69, 9.17) is 0 Å². The Morgan fingerprint density at radius 1 is 1.17 bits per heavy atom. The van der Waals surface area contributed by atoms with Gasteiger partial charge in [0.1, 0.15) is 5.69 Å². The number of carbonyl (C=O) groups is 1. The van der Waals surface area contributed by atoms with Crippen molar-refractivity contribution in [3.8, 4) is 0 Å². The van der Waals surface area contributed by atoms with Crippen molar-refractivity contribution in [1.29, 1.82) is 0 Å². The second-order valence-corrected chi connectivity index (χ2v) is 8.06. The summed E-state index contributed by atoms with van der Waals surface area (Å²) in [7, 11) is 0. The highest BCUT2D eigenvalue weighted by atomic mass is 16.2. The van der Waals surface area contributed by atoms with E-state index >= 15 is 0 Å². The van der Waals surface area contributed by atoms with Crippen LogP contribution >= 0.6 is 0 Å². The van der Waals surface area contributed by atoms with Crippen molar-refractivity contribution in [2.45, 2.75) is 45.4 Å². The maximum absolute atomic E-state index is 12.6. The van der Waals surface area contributed by atoms with Crippen LogP contribution in [-0.2, 0) is 5.41 Å². The van der Waals surface area contributed by atoms with Gasteiger partial charge in [-0.3, -0.25) is 9.78 Å². The molecule has 126 valence electrons. The smallest absolute Gasteiger partial charge is 0.272 e. The minimum atomic E-state index is 0.0717. The summed E-state index contributed by atoms with van der Waals surface area (Å²) in [6.45, 7) is 10.6. The third kappa shape index (κ3) is 3.74. The zero-order valence-electron chi connectivity index (χ0n) is 14.6. The summed E-state index contributed by atoms with van der Waals surface area (Å²) in [5.41, 5.74) is 1.82. The van der Waals surface area contributed by atoms with E-state index in [0.29, 0.717) is 5.69 Å². The first-order valence-electron chi connectivity index (χ1n) is 8.91. The van der Waals surface area contributed by atoms with Crippen molar-refractivity contribution in [3.63, 3.8) is 0 Å². The third-order valence-corrected chi connectivity index (χ3v) is 5.44. The summed E-state index contributed by atoms with van der Waals surface area (Å²) in [6, 6.07) is 3.92. The second-order valence-electron chi connectivity index (χ2n) is 8.06. The standard InChI is InChI=1S/C19H29N3O/c1-19(2,3)16-4-5-17(21-13-16)18(23)22-10-7-14(8-11-22)15-6-9-20-12-15/h4-5,13-15,20H,6-12H2,1-3H3/t15-/m0/s1. The van der Waals surface area contributed by atoms with Crippen molar-refractivity contribution in [2.24, 2.45) is 11.8 Å². The number of hydrogen-bond acceptors (Lipinski definition) is 3. The molecule has 1 N–H and O–H groups in total. The van der Waals surface area contributed by atoms with Gasteiger partial charge in [0.2, 0.25) is 0 Å². The molecule has 0 aliphatic carbocycles. The molecule has 2 aliphatic heterocycles. The van der Waals surface area contributed by atoms with Crippen molar-refractivity contribution in [1.82, 2.24) is 15.2 Å². The van der Waals surface area contributed by atoms with Gasteiger partial charge >= 0.3 is 0 Å². The van der Waals surface area contributed by atoms with Gasteiger partial charge < -0.3 is 10.2 Å². The van der Waals surface area contributed by atoms with Crippen LogP contribution in [0.2, 0.25) is 0 Å². The number of nitrogens with one attached hydrogen (secondary N) is 1. The van der Waals surface area contributed by atoms with Gasteiger partial charge in [0, 0.05) is 19.3 Å². The Morgan fingerprint density at radius 3 is 2.43 bits per heavy atom. The molecule has 4 nitrogen and oxygen atoms in total. The summed E-state index contributed by atoms with van der Waals surface area (Å²) in [5.74, 6) is 1.69. The molecule has 23 heavy (non-hydrogen) atoms. The summed E-state index contributed by atoms with van der Waals surface area (Å²) in [4.78, 5) is 19.0. The monoisotopic (exact) mass is 315 g/mol. The molecule has 2 fully saturated rings. The van der Waals surface area contributed by atoms with E-state index in [1.165, 1.54) is 12.0 Å². The lowest BCUT2D eigenvalue weighted by Gasteiger charge is -2.34. The predicted molar refractivity (Wildman–Crippen MR) is 92.5 cm³/mol. The fourth-order valence-corrected chi connectivity index (χ4v) is 3.78. The van der Waals surface area contributed by atoms with Gasteiger partial charge in [-0.1, -0.05) is 26.8 Å². The zero-order chi connectivity index (χ0) is 16.4. The van der Waals surface area contributed by atoms with Crippen LogP contribution in [0.25, 0.3) is 0 Å². The lowest BCUT2D eigenvalue weighted by Crippen LogP contribution is -2.40. The summed E-state index contributed by atoms with van der Waals surface area (Å²) in [6.07, 6.45) is 5.43. The van der Waals surface area contributed by atoms with E-state index in [1.54, 1.807) is 0 Å². The highest BCUT2D eigenvalue weighted by molar-refractivity contribution is 5.92. The Bertz CT molecular complexity index is 533. The van der Waals surface area contributed by atoms with Crippen LogP contribution in [-0.4, -0.2) is 42.0 Å². The van der Waals surface area contributed by atoms with Crippen molar-refractivity contribution in [3.05, 3.63) is 29.6 Å². The lowest BCUT2D eigenvalue weighted by molar-refractivity contribution is 0.0657. The molecule has 0 bridgehead atoms. The molecule has 0 aromatic carbocycles.